The minimum atomic E-state index is -3.10. The lowest BCUT2D eigenvalue weighted by molar-refractivity contribution is -0.0332. The van der Waals surface area contributed by atoms with Crippen molar-refractivity contribution in [2.75, 3.05) is 47.6 Å². The highest BCUT2D eigenvalue weighted by Gasteiger charge is 2.38. The maximum atomic E-state index is 14.4. The maximum Gasteiger partial charge on any atom is 0.227 e. The zero-order chi connectivity index (χ0) is 27.2. The lowest BCUT2D eigenvalue weighted by atomic mass is 9.92. The SMILES string of the molecule is CC(C)c1ccc(N2CC[C@@H](S(C)(=O)=O)C2)c2cnc(Nc3ccnc(N4CC[C@@](C)(O)[C@@H](F)C4)n3)cc12. The molecule has 3 aromatic rings. The van der Waals surface area contributed by atoms with Crippen LogP contribution in [0.2, 0.25) is 0 Å². The molecule has 2 aromatic heterocycles. The number of aliphatic hydroxyl groups is 1. The van der Waals surface area contributed by atoms with Crippen molar-refractivity contribution in [2.45, 2.75) is 56.6 Å². The topological polar surface area (TPSA) is 112 Å². The number of piperidine rings is 1. The van der Waals surface area contributed by atoms with Crippen molar-refractivity contribution in [2.24, 2.45) is 0 Å². The lowest BCUT2D eigenvalue weighted by Crippen LogP contribution is -2.52. The number of sulfone groups is 1. The van der Waals surface area contributed by atoms with Crippen LogP contribution in [-0.2, 0) is 9.84 Å². The first-order valence-electron chi connectivity index (χ1n) is 13.0. The van der Waals surface area contributed by atoms with Crippen molar-refractivity contribution in [3.8, 4) is 0 Å². The van der Waals surface area contributed by atoms with Crippen molar-refractivity contribution in [1.82, 2.24) is 15.0 Å². The van der Waals surface area contributed by atoms with E-state index in [-0.39, 0.29) is 17.7 Å². The Morgan fingerprint density at radius 3 is 2.58 bits per heavy atom. The van der Waals surface area contributed by atoms with Crippen LogP contribution in [0, 0.1) is 0 Å². The van der Waals surface area contributed by atoms with Crippen molar-refractivity contribution in [1.29, 1.82) is 0 Å². The summed E-state index contributed by atoms with van der Waals surface area (Å²) in [5, 5.41) is 15.1. The molecule has 0 saturated carbocycles. The van der Waals surface area contributed by atoms with E-state index >= 15 is 0 Å². The van der Waals surface area contributed by atoms with Crippen LogP contribution in [0.25, 0.3) is 10.8 Å². The van der Waals surface area contributed by atoms with Crippen LogP contribution in [0.5, 0.6) is 0 Å². The average Bonchev–Trinajstić information content (AvgIpc) is 3.36. The van der Waals surface area contributed by atoms with Crippen LogP contribution >= 0.6 is 0 Å². The Morgan fingerprint density at radius 1 is 1.11 bits per heavy atom. The highest BCUT2D eigenvalue weighted by molar-refractivity contribution is 7.91. The zero-order valence-corrected chi connectivity index (χ0v) is 23.0. The van der Waals surface area contributed by atoms with Gasteiger partial charge in [-0.1, -0.05) is 19.9 Å². The number of hydrogen-bond acceptors (Lipinski definition) is 9. The van der Waals surface area contributed by atoms with E-state index < -0.39 is 21.6 Å². The summed E-state index contributed by atoms with van der Waals surface area (Å²) in [6.07, 6.45) is 4.29. The highest BCUT2D eigenvalue weighted by atomic mass is 32.2. The summed E-state index contributed by atoms with van der Waals surface area (Å²) in [4.78, 5) is 17.4. The van der Waals surface area contributed by atoms with Crippen LogP contribution in [0.15, 0.2) is 36.7 Å². The van der Waals surface area contributed by atoms with Gasteiger partial charge in [-0.05, 0) is 54.8 Å². The fourth-order valence-corrected chi connectivity index (χ4v) is 6.26. The van der Waals surface area contributed by atoms with Gasteiger partial charge in [0.1, 0.15) is 17.8 Å². The van der Waals surface area contributed by atoms with Gasteiger partial charge in [0.05, 0.1) is 17.4 Å². The number of halogens is 1. The molecule has 1 aromatic carbocycles. The van der Waals surface area contributed by atoms with E-state index in [4.69, 9.17) is 0 Å². The highest BCUT2D eigenvalue weighted by Crippen LogP contribution is 2.36. The van der Waals surface area contributed by atoms with Crippen molar-refractivity contribution >= 4 is 43.9 Å². The molecule has 0 spiro atoms. The number of nitrogens with one attached hydrogen (secondary N) is 1. The summed E-state index contributed by atoms with van der Waals surface area (Å²) in [5.74, 6) is 1.82. The first-order chi connectivity index (χ1) is 17.9. The molecule has 4 heterocycles. The minimum Gasteiger partial charge on any atom is -0.387 e. The molecular weight excluding hydrogens is 507 g/mol. The summed E-state index contributed by atoms with van der Waals surface area (Å²) < 4.78 is 38.6. The van der Waals surface area contributed by atoms with Gasteiger partial charge >= 0.3 is 0 Å². The Balaban J connectivity index is 1.43. The number of pyridine rings is 1. The Kier molecular flexibility index (Phi) is 6.93. The third-order valence-corrected chi connectivity index (χ3v) is 9.35. The number of fused-ring (bicyclic) bond motifs is 1. The molecule has 9 nitrogen and oxygen atoms in total. The molecule has 2 aliphatic rings. The third kappa shape index (κ3) is 5.26. The van der Waals surface area contributed by atoms with E-state index in [9.17, 15) is 17.9 Å². The van der Waals surface area contributed by atoms with Crippen molar-refractivity contribution in [3.63, 3.8) is 0 Å². The fraction of sp³-hybridized carbons (Fsp3) is 0.519. The van der Waals surface area contributed by atoms with Crippen LogP contribution in [0.4, 0.5) is 27.7 Å². The predicted octanol–water partition coefficient (Wildman–Crippen LogP) is 3.81. The molecule has 11 heteroatoms. The predicted molar refractivity (Wildman–Crippen MR) is 149 cm³/mol. The van der Waals surface area contributed by atoms with Crippen LogP contribution in [0.3, 0.4) is 0 Å². The largest absolute Gasteiger partial charge is 0.387 e. The smallest absolute Gasteiger partial charge is 0.227 e. The number of alkyl halides is 1. The Bertz CT molecular complexity index is 1450. The zero-order valence-electron chi connectivity index (χ0n) is 22.2. The van der Waals surface area contributed by atoms with Gasteiger partial charge in [0, 0.05) is 49.4 Å². The van der Waals surface area contributed by atoms with Crippen LogP contribution in [0.1, 0.15) is 45.1 Å². The van der Waals surface area contributed by atoms with Gasteiger partial charge in [-0.25, -0.2) is 22.8 Å². The van der Waals surface area contributed by atoms with Gasteiger partial charge < -0.3 is 20.2 Å². The first kappa shape index (κ1) is 26.6. The second kappa shape index (κ2) is 9.92. The molecule has 0 amide bonds. The summed E-state index contributed by atoms with van der Waals surface area (Å²) in [6, 6.07) is 7.91. The van der Waals surface area contributed by atoms with Crippen molar-refractivity contribution < 1.29 is 17.9 Å². The number of hydrogen-bond donors (Lipinski definition) is 2. The normalized spacial score (nSPS) is 24.4. The molecule has 0 aliphatic carbocycles. The molecule has 3 atom stereocenters. The molecule has 38 heavy (non-hydrogen) atoms. The van der Waals surface area contributed by atoms with Crippen molar-refractivity contribution in [3.05, 3.63) is 42.2 Å². The summed E-state index contributed by atoms with van der Waals surface area (Å²) in [5.41, 5.74) is 0.821. The molecule has 0 bridgehead atoms. The molecule has 2 saturated heterocycles. The van der Waals surface area contributed by atoms with Gasteiger partial charge in [0.15, 0.2) is 9.84 Å². The molecule has 2 fully saturated rings. The van der Waals surface area contributed by atoms with Gasteiger partial charge in [-0.2, -0.15) is 4.98 Å². The van der Waals surface area contributed by atoms with Gasteiger partial charge in [-0.3, -0.25) is 0 Å². The van der Waals surface area contributed by atoms with E-state index in [1.54, 1.807) is 17.2 Å². The Morgan fingerprint density at radius 2 is 1.89 bits per heavy atom. The van der Waals surface area contributed by atoms with E-state index in [1.807, 2.05) is 12.3 Å². The number of aromatic nitrogens is 3. The summed E-state index contributed by atoms with van der Waals surface area (Å²) in [6.45, 7) is 7.45. The molecular formula is C27H35FN6O3S. The standard InChI is InChI=1S/C27H35FN6O3S/c1-17(2)19-5-6-22(33-11-8-18(15-33)38(4,36)37)21-14-30-25(13-20(19)21)31-24-7-10-29-26(32-24)34-12-9-27(3,35)23(28)16-34/h5-7,10,13-14,17-18,23,35H,8-9,11-12,15-16H2,1-4H3,(H,29,30,31,32)/t18-,23+,27-/m1/s1. The van der Waals surface area contributed by atoms with E-state index in [1.165, 1.54) is 18.7 Å². The van der Waals surface area contributed by atoms with E-state index in [2.05, 4.69) is 51.1 Å². The Hall–Kier alpha value is -3.05. The maximum absolute atomic E-state index is 14.4. The van der Waals surface area contributed by atoms with Gasteiger partial charge in [0.2, 0.25) is 5.95 Å². The second-order valence-electron chi connectivity index (χ2n) is 11.0. The molecule has 204 valence electrons. The third-order valence-electron chi connectivity index (χ3n) is 7.75. The average molecular weight is 543 g/mol. The lowest BCUT2D eigenvalue weighted by Gasteiger charge is -2.38. The monoisotopic (exact) mass is 542 g/mol. The quantitative estimate of drug-likeness (QED) is 0.480. The van der Waals surface area contributed by atoms with Gasteiger partial charge in [-0.15, -0.1) is 0 Å². The van der Waals surface area contributed by atoms with E-state index in [0.717, 1.165) is 16.5 Å². The summed E-state index contributed by atoms with van der Waals surface area (Å²) in [7, 11) is -3.10. The van der Waals surface area contributed by atoms with E-state index in [0.29, 0.717) is 50.1 Å². The van der Waals surface area contributed by atoms with Crippen LogP contribution < -0.4 is 15.1 Å². The number of rotatable bonds is 6. The molecule has 0 radical (unpaired) electrons. The first-order valence-corrected chi connectivity index (χ1v) is 15.0. The van der Waals surface area contributed by atoms with Crippen LogP contribution in [-0.4, -0.2) is 77.9 Å². The molecule has 0 unspecified atom stereocenters. The molecule has 2 aliphatic heterocycles. The number of benzene rings is 1. The molecule has 5 rings (SSSR count). The Labute approximate surface area is 223 Å². The second-order valence-corrected chi connectivity index (χ2v) is 13.3. The molecule has 2 N–H and O–H groups in total. The minimum absolute atomic E-state index is 0.0297. The number of anilines is 4. The fourth-order valence-electron chi connectivity index (χ4n) is 5.27. The number of nitrogens with zero attached hydrogens (tertiary/aromatic N) is 5. The van der Waals surface area contributed by atoms with Gasteiger partial charge in [0.25, 0.3) is 0 Å². The summed E-state index contributed by atoms with van der Waals surface area (Å²) >= 11 is 0.